The molecule has 0 aromatic heterocycles. The van der Waals surface area contributed by atoms with Gasteiger partial charge in [0, 0.05) is 0 Å². The Bertz CT molecular complexity index is 326. The van der Waals surface area contributed by atoms with Crippen molar-refractivity contribution in [2.24, 2.45) is 17.3 Å². The van der Waals surface area contributed by atoms with E-state index in [0.717, 1.165) is 12.8 Å². The van der Waals surface area contributed by atoms with Crippen molar-refractivity contribution in [2.45, 2.75) is 77.1 Å². The second-order valence-corrected chi connectivity index (χ2v) is 7.43. The third-order valence-corrected chi connectivity index (χ3v) is 5.96. The SMILES string of the molecule is CC(C)[C@@]1(O)CC[C@@]2(C)[C@H](O)CC[C@](C)(O)[C@@H]2C1. The van der Waals surface area contributed by atoms with Gasteiger partial charge in [0.15, 0.2) is 0 Å². The van der Waals surface area contributed by atoms with E-state index >= 15 is 0 Å². The highest BCUT2D eigenvalue weighted by Crippen LogP contribution is 2.57. The van der Waals surface area contributed by atoms with Crippen LogP contribution in [0.1, 0.15) is 59.8 Å². The first kappa shape index (κ1) is 14.3. The molecule has 0 aromatic carbocycles. The van der Waals surface area contributed by atoms with Crippen LogP contribution in [0.3, 0.4) is 0 Å². The summed E-state index contributed by atoms with van der Waals surface area (Å²) in [5.74, 6) is 0.173. The van der Waals surface area contributed by atoms with E-state index in [-0.39, 0.29) is 23.4 Å². The van der Waals surface area contributed by atoms with Gasteiger partial charge in [0.25, 0.3) is 0 Å². The van der Waals surface area contributed by atoms with Gasteiger partial charge < -0.3 is 15.3 Å². The standard InChI is InChI=1S/C15H28O3/c1-10(2)15(18)8-7-13(3)11(9-15)14(4,17)6-5-12(13)16/h10-12,16-18H,5-9H2,1-4H3/t11-,12-,13-,14+,15-/m1/s1. The fourth-order valence-electron chi connectivity index (χ4n) is 4.14. The number of rotatable bonds is 1. The lowest BCUT2D eigenvalue weighted by Crippen LogP contribution is -2.61. The highest BCUT2D eigenvalue weighted by atomic mass is 16.3. The molecular weight excluding hydrogens is 228 g/mol. The van der Waals surface area contributed by atoms with Gasteiger partial charge in [-0.2, -0.15) is 0 Å². The molecule has 0 aliphatic heterocycles. The van der Waals surface area contributed by atoms with Gasteiger partial charge in [0.1, 0.15) is 0 Å². The molecule has 2 rings (SSSR count). The quantitative estimate of drug-likeness (QED) is 0.673. The maximum absolute atomic E-state index is 10.7. The van der Waals surface area contributed by atoms with Crippen LogP contribution in [0, 0.1) is 17.3 Å². The zero-order valence-electron chi connectivity index (χ0n) is 12.1. The van der Waals surface area contributed by atoms with Crippen molar-refractivity contribution in [3.8, 4) is 0 Å². The monoisotopic (exact) mass is 256 g/mol. The largest absolute Gasteiger partial charge is 0.393 e. The highest BCUT2D eigenvalue weighted by molar-refractivity contribution is 5.08. The van der Waals surface area contributed by atoms with Crippen LogP contribution in [-0.2, 0) is 0 Å². The predicted octanol–water partition coefficient (Wildman–Crippen LogP) is 2.09. The topological polar surface area (TPSA) is 60.7 Å². The van der Waals surface area contributed by atoms with Gasteiger partial charge in [0.2, 0.25) is 0 Å². The maximum atomic E-state index is 10.7. The first-order chi connectivity index (χ1) is 8.12. The van der Waals surface area contributed by atoms with Gasteiger partial charge in [-0.05, 0) is 56.3 Å². The van der Waals surface area contributed by atoms with Crippen molar-refractivity contribution in [1.82, 2.24) is 0 Å². The normalized spacial score (nSPS) is 53.3. The molecule has 0 spiro atoms. The van der Waals surface area contributed by atoms with E-state index in [1.165, 1.54) is 0 Å². The molecule has 2 aliphatic carbocycles. The number of hydrogen-bond donors (Lipinski definition) is 3. The number of aliphatic hydroxyl groups excluding tert-OH is 1. The smallest absolute Gasteiger partial charge is 0.0674 e. The van der Waals surface area contributed by atoms with Crippen LogP contribution in [0.5, 0.6) is 0 Å². The van der Waals surface area contributed by atoms with Crippen molar-refractivity contribution in [1.29, 1.82) is 0 Å². The van der Waals surface area contributed by atoms with Crippen molar-refractivity contribution >= 4 is 0 Å². The van der Waals surface area contributed by atoms with E-state index in [9.17, 15) is 15.3 Å². The van der Waals surface area contributed by atoms with Crippen molar-refractivity contribution in [2.75, 3.05) is 0 Å². The van der Waals surface area contributed by atoms with Crippen molar-refractivity contribution in [3.05, 3.63) is 0 Å². The molecule has 106 valence electrons. The summed E-state index contributed by atoms with van der Waals surface area (Å²) >= 11 is 0. The van der Waals surface area contributed by atoms with Crippen LogP contribution in [0.15, 0.2) is 0 Å². The average molecular weight is 256 g/mol. The van der Waals surface area contributed by atoms with E-state index in [4.69, 9.17) is 0 Å². The third kappa shape index (κ3) is 2.00. The van der Waals surface area contributed by atoms with Gasteiger partial charge in [-0.3, -0.25) is 0 Å². The second kappa shape index (κ2) is 4.19. The van der Waals surface area contributed by atoms with Gasteiger partial charge in [-0.15, -0.1) is 0 Å². The van der Waals surface area contributed by atoms with Crippen LogP contribution in [0.2, 0.25) is 0 Å². The highest BCUT2D eigenvalue weighted by Gasteiger charge is 2.58. The number of fused-ring (bicyclic) bond motifs is 1. The van der Waals surface area contributed by atoms with Gasteiger partial charge in [-0.1, -0.05) is 20.8 Å². The lowest BCUT2D eigenvalue weighted by Gasteiger charge is -2.58. The molecule has 0 amide bonds. The molecule has 0 bridgehead atoms. The molecule has 3 heteroatoms. The maximum Gasteiger partial charge on any atom is 0.0674 e. The summed E-state index contributed by atoms with van der Waals surface area (Å²) in [6.45, 7) is 8.02. The number of aliphatic hydroxyl groups is 3. The molecular formula is C15H28O3. The average Bonchev–Trinajstić information content (AvgIpc) is 2.27. The van der Waals surface area contributed by atoms with Gasteiger partial charge in [0.05, 0.1) is 17.3 Å². The lowest BCUT2D eigenvalue weighted by molar-refractivity contribution is -0.208. The van der Waals surface area contributed by atoms with Crippen LogP contribution in [0.25, 0.3) is 0 Å². The summed E-state index contributed by atoms with van der Waals surface area (Å²) < 4.78 is 0. The van der Waals surface area contributed by atoms with E-state index in [2.05, 4.69) is 6.92 Å². The summed E-state index contributed by atoms with van der Waals surface area (Å²) in [5, 5.41) is 31.7. The first-order valence-corrected chi connectivity index (χ1v) is 7.25. The Morgan fingerprint density at radius 2 is 1.67 bits per heavy atom. The predicted molar refractivity (Wildman–Crippen MR) is 71.1 cm³/mol. The minimum Gasteiger partial charge on any atom is -0.393 e. The molecule has 3 N–H and O–H groups in total. The fraction of sp³-hybridized carbons (Fsp3) is 1.00. The van der Waals surface area contributed by atoms with Crippen molar-refractivity contribution in [3.63, 3.8) is 0 Å². The van der Waals surface area contributed by atoms with Crippen LogP contribution >= 0.6 is 0 Å². The van der Waals surface area contributed by atoms with E-state index in [1.54, 1.807) is 0 Å². The first-order valence-electron chi connectivity index (χ1n) is 7.25. The van der Waals surface area contributed by atoms with Gasteiger partial charge in [-0.25, -0.2) is 0 Å². The van der Waals surface area contributed by atoms with E-state index in [1.807, 2.05) is 20.8 Å². The fourth-order valence-corrected chi connectivity index (χ4v) is 4.14. The Hall–Kier alpha value is -0.120. The molecule has 0 heterocycles. The molecule has 2 aliphatic rings. The molecule has 0 radical (unpaired) electrons. The molecule has 18 heavy (non-hydrogen) atoms. The molecule has 0 unspecified atom stereocenters. The molecule has 2 saturated carbocycles. The summed E-state index contributed by atoms with van der Waals surface area (Å²) in [7, 11) is 0. The molecule has 0 aromatic rings. The Morgan fingerprint density at radius 1 is 1.06 bits per heavy atom. The molecule has 0 saturated heterocycles. The third-order valence-electron chi connectivity index (χ3n) is 5.96. The molecule has 2 fully saturated rings. The van der Waals surface area contributed by atoms with Crippen LogP contribution < -0.4 is 0 Å². The van der Waals surface area contributed by atoms with Crippen LogP contribution in [0.4, 0.5) is 0 Å². The zero-order valence-corrected chi connectivity index (χ0v) is 12.1. The van der Waals surface area contributed by atoms with Gasteiger partial charge >= 0.3 is 0 Å². The summed E-state index contributed by atoms with van der Waals surface area (Å²) in [6.07, 6.45) is 3.07. The van der Waals surface area contributed by atoms with Crippen molar-refractivity contribution < 1.29 is 15.3 Å². The summed E-state index contributed by atoms with van der Waals surface area (Å²) in [6, 6.07) is 0. The lowest BCUT2D eigenvalue weighted by atomic mass is 9.50. The summed E-state index contributed by atoms with van der Waals surface area (Å²) in [5.41, 5.74) is -1.70. The second-order valence-electron chi connectivity index (χ2n) is 7.43. The minimum absolute atomic E-state index is 0.0186. The Morgan fingerprint density at radius 3 is 2.22 bits per heavy atom. The Balaban J connectivity index is 2.32. The molecule has 3 nitrogen and oxygen atoms in total. The Kier molecular flexibility index (Phi) is 3.33. The summed E-state index contributed by atoms with van der Waals surface area (Å²) in [4.78, 5) is 0. The molecule has 5 atom stereocenters. The van der Waals surface area contributed by atoms with E-state index in [0.29, 0.717) is 19.3 Å². The zero-order chi connectivity index (χ0) is 13.8. The number of hydrogen-bond acceptors (Lipinski definition) is 3. The Labute approximate surface area is 110 Å². The minimum atomic E-state index is -0.767. The van der Waals surface area contributed by atoms with Crippen LogP contribution in [-0.4, -0.2) is 32.6 Å². The van der Waals surface area contributed by atoms with E-state index < -0.39 is 11.2 Å².